The third kappa shape index (κ3) is 3.26. The second-order valence-corrected chi connectivity index (χ2v) is 5.61. The average molecular weight is 282 g/mol. The van der Waals surface area contributed by atoms with Crippen LogP contribution >= 0.6 is 0 Å². The van der Waals surface area contributed by atoms with Crippen LogP contribution in [0.3, 0.4) is 0 Å². The van der Waals surface area contributed by atoms with Crippen LogP contribution in [0, 0.1) is 17.6 Å². The Balaban J connectivity index is 2.10. The van der Waals surface area contributed by atoms with Gasteiger partial charge in [-0.25, -0.2) is 8.78 Å². The van der Waals surface area contributed by atoms with E-state index < -0.39 is 23.1 Å². The molecule has 1 aliphatic carbocycles. The molecule has 5 heteroatoms. The minimum absolute atomic E-state index is 0.0207. The number of carbonyl (C=O) groups excluding carboxylic acids is 1. The normalized spacial score (nSPS) is 23.1. The predicted molar refractivity (Wildman–Crippen MR) is 74.3 cm³/mol. The molecule has 1 saturated carbocycles. The molecule has 0 aliphatic heterocycles. The minimum Gasteiger partial charge on any atom is -0.396 e. The fraction of sp³-hybridized carbons (Fsp3) is 0.533. The first-order valence-electron chi connectivity index (χ1n) is 7.03. The van der Waals surface area contributed by atoms with Crippen LogP contribution in [0.4, 0.5) is 14.5 Å². The Morgan fingerprint density at radius 2 is 2.00 bits per heavy atom. The number of nitrogen functional groups attached to an aromatic ring is 1. The van der Waals surface area contributed by atoms with Crippen LogP contribution in [-0.2, 0) is 0 Å². The molecule has 3 N–H and O–H groups in total. The summed E-state index contributed by atoms with van der Waals surface area (Å²) < 4.78 is 27.4. The molecule has 2 unspecified atom stereocenters. The number of benzene rings is 1. The van der Waals surface area contributed by atoms with Crippen molar-refractivity contribution in [3.05, 3.63) is 29.3 Å². The highest BCUT2D eigenvalue weighted by Gasteiger charge is 2.23. The van der Waals surface area contributed by atoms with Crippen molar-refractivity contribution in [3.63, 3.8) is 0 Å². The number of anilines is 1. The number of hydrogen-bond acceptors (Lipinski definition) is 2. The molecular weight excluding hydrogens is 262 g/mol. The summed E-state index contributed by atoms with van der Waals surface area (Å²) in [5.41, 5.74) is 4.58. The zero-order valence-electron chi connectivity index (χ0n) is 11.6. The van der Waals surface area contributed by atoms with Gasteiger partial charge in [-0.15, -0.1) is 0 Å². The van der Waals surface area contributed by atoms with Crippen LogP contribution in [0.1, 0.15) is 49.4 Å². The fourth-order valence-corrected chi connectivity index (χ4v) is 2.67. The van der Waals surface area contributed by atoms with Gasteiger partial charge in [-0.05, 0) is 37.3 Å². The van der Waals surface area contributed by atoms with Crippen LogP contribution < -0.4 is 11.1 Å². The van der Waals surface area contributed by atoms with E-state index in [4.69, 9.17) is 5.73 Å². The molecule has 0 bridgehead atoms. The lowest BCUT2D eigenvalue weighted by atomic mass is 10.0. The molecule has 1 fully saturated rings. The van der Waals surface area contributed by atoms with Crippen LogP contribution in [0.25, 0.3) is 0 Å². The van der Waals surface area contributed by atoms with Crippen molar-refractivity contribution in [3.8, 4) is 0 Å². The number of hydrogen-bond donors (Lipinski definition) is 2. The van der Waals surface area contributed by atoms with E-state index in [1.807, 2.05) is 0 Å². The van der Waals surface area contributed by atoms with E-state index in [-0.39, 0.29) is 11.7 Å². The Labute approximate surface area is 117 Å². The molecule has 1 aliphatic rings. The molecule has 1 amide bonds. The smallest absolute Gasteiger partial charge is 0.257 e. The summed E-state index contributed by atoms with van der Waals surface area (Å²) >= 11 is 0. The zero-order chi connectivity index (χ0) is 14.7. The van der Waals surface area contributed by atoms with E-state index in [2.05, 4.69) is 12.2 Å². The van der Waals surface area contributed by atoms with E-state index >= 15 is 0 Å². The van der Waals surface area contributed by atoms with E-state index in [1.54, 1.807) is 0 Å². The van der Waals surface area contributed by atoms with Gasteiger partial charge in [0.2, 0.25) is 0 Å². The van der Waals surface area contributed by atoms with Crippen molar-refractivity contribution < 1.29 is 13.6 Å². The third-order valence-corrected chi connectivity index (χ3v) is 3.94. The highest BCUT2D eigenvalue weighted by Crippen LogP contribution is 2.24. The van der Waals surface area contributed by atoms with E-state index in [0.717, 1.165) is 44.2 Å². The van der Waals surface area contributed by atoms with Crippen LogP contribution in [0.2, 0.25) is 0 Å². The van der Waals surface area contributed by atoms with Crippen molar-refractivity contribution in [1.82, 2.24) is 5.32 Å². The van der Waals surface area contributed by atoms with Crippen LogP contribution in [-0.4, -0.2) is 11.9 Å². The van der Waals surface area contributed by atoms with Gasteiger partial charge in [-0.1, -0.05) is 19.8 Å². The van der Waals surface area contributed by atoms with Gasteiger partial charge < -0.3 is 11.1 Å². The zero-order valence-corrected chi connectivity index (χ0v) is 11.6. The Morgan fingerprint density at radius 3 is 2.75 bits per heavy atom. The van der Waals surface area contributed by atoms with Gasteiger partial charge in [0.1, 0.15) is 11.4 Å². The van der Waals surface area contributed by atoms with Gasteiger partial charge in [-0.2, -0.15) is 0 Å². The Morgan fingerprint density at radius 1 is 1.25 bits per heavy atom. The number of nitrogens with two attached hydrogens (primary N) is 1. The molecule has 110 valence electrons. The minimum atomic E-state index is -0.982. The van der Waals surface area contributed by atoms with Crippen LogP contribution in [0.5, 0.6) is 0 Å². The molecular formula is C15H20F2N2O. The molecule has 1 aromatic rings. The lowest BCUT2D eigenvalue weighted by molar-refractivity contribution is 0.0924. The highest BCUT2D eigenvalue weighted by molar-refractivity contribution is 5.95. The lowest BCUT2D eigenvalue weighted by Crippen LogP contribution is -2.35. The number of halogens is 2. The highest BCUT2D eigenvalue weighted by atomic mass is 19.1. The molecule has 20 heavy (non-hydrogen) atoms. The molecule has 0 spiro atoms. The largest absolute Gasteiger partial charge is 0.396 e. The van der Waals surface area contributed by atoms with Gasteiger partial charge >= 0.3 is 0 Å². The van der Waals surface area contributed by atoms with Gasteiger partial charge in [0, 0.05) is 6.04 Å². The first kappa shape index (κ1) is 14.8. The second kappa shape index (κ2) is 6.20. The van der Waals surface area contributed by atoms with Crippen molar-refractivity contribution in [2.45, 2.75) is 45.1 Å². The SMILES string of the molecule is CC1CCCC(NC(=O)c2c(F)ccc(N)c2F)CC1. The maximum atomic E-state index is 13.8. The summed E-state index contributed by atoms with van der Waals surface area (Å²) in [6.45, 7) is 2.18. The summed E-state index contributed by atoms with van der Waals surface area (Å²) in [6.07, 6.45) is 4.87. The number of rotatable bonds is 2. The third-order valence-electron chi connectivity index (χ3n) is 3.94. The second-order valence-electron chi connectivity index (χ2n) is 5.61. The Kier molecular flexibility index (Phi) is 4.57. The van der Waals surface area contributed by atoms with E-state index in [1.165, 1.54) is 0 Å². The van der Waals surface area contributed by atoms with E-state index in [0.29, 0.717) is 5.92 Å². The number of amides is 1. The fourth-order valence-electron chi connectivity index (χ4n) is 2.67. The first-order chi connectivity index (χ1) is 9.49. The van der Waals surface area contributed by atoms with Gasteiger partial charge in [0.15, 0.2) is 5.82 Å². The van der Waals surface area contributed by atoms with Crippen molar-refractivity contribution in [2.24, 2.45) is 5.92 Å². The van der Waals surface area contributed by atoms with Gasteiger partial charge in [-0.3, -0.25) is 4.79 Å². The molecule has 0 aromatic heterocycles. The monoisotopic (exact) mass is 282 g/mol. The lowest BCUT2D eigenvalue weighted by Gasteiger charge is -2.17. The summed E-state index contributed by atoms with van der Waals surface area (Å²) in [6, 6.07) is 2.12. The van der Waals surface area contributed by atoms with Gasteiger partial charge in [0.25, 0.3) is 5.91 Å². The van der Waals surface area contributed by atoms with Crippen molar-refractivity contribution >= 4 is 11.6 Å². The summed E-state index contributed by atoms with van der Waals surface area (Å²) in [5.74, 6) is -1.94. The van der Waals surface area contributed by atoms with E-state index in [9.17, 15) is 13.6 Å². The maximum absolute atomic E-state index is 13.8. The van der Waals surface area contributed by atoms with Crippen LogP contribution in [0.15, 0.2) is 12.1 Å². The standard InChI is InChI=1S/C15H20F2N2O/c1-9-3-2-4-10(6-5-9)19-15(20)13-11(16)7-8-12(18)14(13)17/h7-10H,2-6,18H2,1H3,(H,19,20). The average Bonchev–Trinajstić information content (AvgIpc) is 2.60. The van der Waals surface area contributed by atoms with Gasteiger partial charge in [0.05, 0.1) is 5.69 Å². The Hall–Kier alpha value is -1.65. The summed E-state index contributed by atoms with van der Waals surface area (Å²) in [4.78, 5) is 12.1. The molecule has 3 nitrogen and oxygen atoms in total. The molecule has 1 aromatic carbocycles. The molecule has 0 heterocycles. The Bertz CT molecular complexity index is 505. The van der Waals surface area contributed by atoms with Crippen molar-refractivity contribution in [1.29, 1.82) is 0 Å². The first-order valence-corrected chi connectivity index (χ1v) is 7.03. The number of nitrogens with one attached hydrogen (secondary N) is 1. The quantitative estimate of drug-likeness (QED) is 0.646. The molecule has 2 atom stereocenters. The molecule has 0 radical (unpaired) electrons. The van der Waals surface area contributed by atoms with Crippen molar-refractivity contribution in [2.75, 3.05) is 5.73 Å². The number of carbonyl (C=O) groups is 1. The predicted octanol–water partition coefficient (Wildman–Crippen LogP) is 3.25. The maximum Gasteiger partial charge on any atom is 0.257 e. The molecule has 2 rings (SSSR count). The topological polar surface area (TPSA) is 55.1 Å². The molecule has 0 saturated heterocycles. The summed E-state index contributed by atoms with van der Waals surface area (Å²) in [5, 5.41) is 2.73. The summed E-state index contributed by atoms with van der Waals surface area (Å²) in [7, 11) is 0.